The molecule has 1 aromatic carbocycles. The van der Waals surface area contributed by atoms with E-state index in [1.165, 1.54) is 6.07 Å². The number of hydrogen-bond acceptors (Lipinski definition) is 6. The smallest absolute Gasteiger partial charge is 0.333 e. The number of ether oxygens (including phenoxy) is 2. The van der Waals surface area contributed by atoms with Crippen molar-refractivity contribution in [2.75, 3.05) is 6.61 Å². The van der Waals surface area contributed by atoms with E-state index in [1.807, 2.05) is 26.8 Å². The Morgan fingerprint density at radius 2 is 1.84 bits per heavy atom. The average molecular weight is 427 g/mol. The predicted molar refractivity (Wildman–Crippen MR) is 117 cm³/mol. The molecule has 0 saturated carbocycles. The van der Waals surface area contributed by atoms with Gasteiger partial charge in [-0.3, -0.25) is 9.59 Å². The number of rotatable bonds is 8. The van der Waals surface area contributed by atoms with E-state index < -0.39 is 23.0 Å². The van der Waals surface area contributed by atoms with Gasteiger partial charge < -0.3 is 14.6 Å². The van der Waals surface area contributed by atoms with Gasteiger partial charge in [-0.2, -0.15) is 0 Å². The highest BCUT2D eigenvalue weighted by Crippen LogP contribution is 2.40. The number of ketones is 2. The van der Waals surface area contributed by atoms with Crippen LogP contribution in [-0.2, 0) is 19.1 Å². The summed E-state index contributed by atoms with van der Waals surface area (Å²) < 4.78 is 11.0. The Bertz CT molecular complexity index is 983. The summed E-state index contributed by atoms with van der Waals surface area (Å²) in [4.78, 5) is 37.3. The van der Waals surface area contributed by atoms with E-state index in [-0.39, 0.29) is 41.6 Å². The zero-order valence-electron chi connectivity index (χ0n) is 18.8. The second-order valence-corrected chi connectivity index (χ2v) is 9.45. The number of aliphatic hydroxyl groups is 1. The molecule has 166 valence electrons. The lowest BCUT2D eigenvalue weighted by Gasteiger charge is -2.27. The fraction of sp³-hybridized carbons (Fsp3) is 0.480. The molecule has 1 aliphatic carbocycles. The highest BCUT2D eigenvalue weighted by molar-refractivity contribution is 6.52. The Morgan fingerprint density at radius 3 is 2.45 bits per heavy atom. The highest BCUT2D eigenvalue weighted by Gasteiger charge is 2.47. The lowest BCUT2D eigenvalue weighted by atomic mass is 9.79. The maximum Gasteiger partial charge on any atom is 0.333 e. The van der Waals surface area contributed by atoms with Gasteiger partial charge in [-0.05, 0) is 40.0 Å². The molecule has 3 rings (SSSR count). The number of aliphatic hydroxyl groups excluding tert-OH is 1. The van der Waals surface area contributed by atoms with Gasteiger partial charge in [-0.25, -0.2) is 4.79 Å². The molecule has 1 aromatic rings. The van der Waals surface area contributed by atoms with Crippen LogP contribution in [0.3, 0.4) is 0 Å². The first-order valence-electron chi connectivity index (χ1n) is 10.6. The third-order valence-corrected chi connectivity index (χ3v) is 6.10. The predicted octanol–water partition coefficient (Wildman–Crippen LogP) is 4.58. The van der Waals surface area contributed by atoms with Crippen molar-refractivity contribution < 1.29 is 29.0 Å². The number of hydrogen-bond donors (Lipinski definition) is 1. The molecule has 1 aliphatic heterocycles. The summed E-state index contributed by atoms with van der Waals surface area (Å²) in [7, 11) is 0. The van der Waals surface area contributed by atoms with Crippen LogP contribution in [0.4, 0.5) is 0 Å². The van der Waals surface area contributed by atoms with Crippen LogP contribution in [0.1, 0.15) is 69.8 Å². The van der Waals surface area contributed by atoms with Gasteiger partial charge in [0.15, 0.2) is 0 Å². The van der Waals surface area contributed by atoms with E-state index in [9.17, 15) is 19.5 Å². The summed E-state index contributed by atoms with van der Waals surface area (Å²) in [6, 6.07) is 6.50. The molecule has 31 heavy (non-hydrogen) atoms. The van der Waals surface area contributed by atoms with E-state index in [0.717, 1.165) is 12.8 Å². The van der Waals surface area contributed by atoms with Crippen LogP contribution >= 0.6 is 0 Å². The molecule has 0 radical (unpaired) electrons. The highest BCUT2D eigenvalue weighted by atomic mass is 16.6. The zero-order valence-corrected chi connectivity index (χ0v) is 18.8. The van der Waals surface area contributed by atoms with Crippen LogP contribution in [0.15, 0.2) is 41.5 Å². The molecule has 2 atom stereocenters. The number of carbonyl (C=O) groups is 3. The van der Waals surface area contributed by atoms with Gasteiger partial charge in [0, 0.05) is 27.7 Å². The second-order valence-electron chi connectivity index (χ2n) is 9.45. The summed E-state index contributed by atoms with van der Waals surface area (Å²) in [6.07, 6.45) is 3.78. The van der Waals surface area contributed by atoms with E-state index >= 15 is 0 Å². The van der Waals surface area contributed by atoms with Gasteiger partial charge in [0.1, 0.15) is 5.76 Å². The van der Waals surface area contributed by atoms with Gasteiger partial charge in [0.05, 0.1) is 18.3 Å². The van der Waals surface area contributed by atoms with Crippen molar-refractivity contribution in [3.8, 4) is 0 Å². The van der Waals surface area contributed by atoms with E-state index in [4.69, 9.17) is 9.47 Å². The van der Waals surface area contributed by atoms with Crippen LogP contribution < -0.4 is 0 Å². The fourth-order valence-electron chi connectivity index (χ4n) is 3.78. The lowest BCUT2D eigenvalue weighted by molar-refractivity contribution is -0.141. The quantitative estimate of drug-likeness (QED) is 0.283. The van der Waals surface area contributed by atoms with Gasteiger partial charge in [-0.1, -0.05) is 44.2 Å². The molecule has 6 heteroatoms. The molecule has 1 saturated heterocycles. The molecule has 1 heterocycles. The molecule has 0 aromatic heterocycles. The summed E-state index contributed by atoms with van der Waals surface area (Å²) in [5, 5.41) is 10.6. The van der Waals surface area contributed by atoms with Crippen molar-refractivity contribution in [2.45, 2.75) is 65.6 Å². The standard InChI is InChI=1S/C25H30O6/c1-15(9-8-12-25(5)16(2)31-25)23(29)30-14-24(3,4)13-19-20(26)17-10-6-7-11-18(17)21(27)22(19)28/h6-7,9-11,16,26H,8,12-14H2,1-5H3/b15-9+/t16-,25-/m1/s1. The molecule has 6 nitrogen and oxygen atoms in total. The van der Waals surface area contributed by atoms with Crippen LogP contribution in [0, 0.1) is 5.41 Å². The van der Waals surface area contributed by atoms with Crippen LogP contribution in [0.25, 0.3) is 5.76 Å². The summed E-state index contributed by atoms with van der Waals surface area (Å²) in [5.41, 5.74) is 0.402. The molecule has 1 fully saturated rings. The van der Waals surface area contributed by atoms with Crippen molar-refractivity contribution in [1.29, 1.82) is 0 Å². The summed E-state index contributed by atoms with van der Waals surface area (Å²) >= 11 is 0. The van der Waals surface area contributed by atoms with Crippen molar-refractivity contribution in [2.24, 2.45) is 5.41 Å². The summed E-state index contributed by atoms with van der Waals surface area (Å²) in [5.74, 6) is -1.94. The molecule has 0 unspecified atom stereocenters. The van der Waals surface area contributed by atoms with E-state index in [2.05, 4.69) is 6.92 Å². The number of allylic oxidation sites excluding steroid dienone is 2. The van der Waals surface area contributed by atoms with E-state index in [1.54, 1.807) is 25.1 Å². The second kappa shape index (κ2) is 8.42. The number of esters is 1. The zero-order chi connectivity index (χ0) is 23.0. The molecule has 0 spiro atoms. The van der Waals surface area contributed by atoms with Gasteiger partial charge in [0.2, 0.25) is 11.6 Å². The Labute approximate surface area is 182 Å². The van der Waals surface area contributed by atoms with E-state index in [0.29, 0.717) is 11.1 Å². The molecule has 0 bridgehead atoms. The monoisotopic (exact) mass is 426 g/mol. The average Bonchev–Trinajstić information content (AvgIpc) is 3.33. The van der Waals surface area contributed by atoms with Gasteiger partial charge in [-0.15, -0.1) is 0 Å². The molecule has 2 aliphatic rings. The Morgan fingerprint density at radius 1 is 1.23 bits per heavy atom. The Balaban J connectivity index is 1.61. The maximum absolute atomic E-state index is 12.6. The maximum atomic E-state index is 12.6. The molecule has 0 amide bonds. The molecule has 1 N–H and O–H groups in total. The SMILES string of the molecule is C/C(=C\CC[C@@]1(C)O[C@@H]1C)C(=O)OCC(C)(C)CC1=C(O)c2ccccc2C(=O)C1=O. The van der Waals surface area contributed by atoms with Crippen molar-refractivity contribution in [3.05, 3.63) is 52.6 Å². The third kappa shape index (κ3) is 4.96. The lowest BCUT2D eigenvalue weighted by Crippen LogP contribution is -2.30. The Hall–Kier alpha value is -2.73. The number of benzene rings is 1. The first kappa shape index (κ1) is 22.9. The normalized spacial score (nSPS) is 23.6. The number of carbonyl (C=O) groups excluding carboxylic acids is 3. The Kier molecular flexibility index (Phi) is 6.23. The number of epoxide rings is 1. The minimum atomic E-state index is -0.711. The third-order valence-electron chi connectivity index (χ3n) is 6.10. The van der Waals surface area contributed by atoms with Crippen LogP contribution in [0.5, 0.6) is 0 Å². The number of fused-ring (bicyclic) bond motifs is 1. The minimum absolute atomic E-state index is 0.0504. The van der Waals surface area contributed by atoms with Crippen molar-refractivity contribution >= 4 is 23.3 Å². The van der Waals surface area contributed by atoms with Crippen LogP contribution in [-0.4, -0.2) is 41.0 Å². The van der Waals surface area contributed by atoms with Crippen LogP contribution in [0.2, 0.25) is 0 Å². The minimum Gasteiger partial charge on any atom is -0.507 e. The summed E-state index contributed by atoms with van der Waals surface area (Å²) in [6.45, 7) is 9.50. The molecular formula is C25H30O6. The van der Waals surface area contributed by atoms with Crippen molar-refractivity contribution in [3.63, 3.8) is 0 Å². The van der Waals surface area contributed by atoms with Gasteiger partial charge in [0.25, 0.3) is 0 Å². The first-order chi connectivity index (χ1) is 14.4. The van der Waals surface area contributed by atoms with Crippen molar-refractivity contribution in [1.82, 2.24) is 0 Å². The fourth-order valence-corrected chi connectivity index (χ4v) is 3.78. The number of Topliss-reactive ketones (excluding diaryl/α,β-unsaturated/α-hetero) is 2. The first-order valence-corrected chi connectivity index (χ1v) is 10.6. The largest absolute Gasteiger partial charge is 0.507 e. The van der Waals surface area contributed by atoms with Gasteiger partial charge >= 0.3 is 5.97 Å². The topological polar surface area (TPSA) is 93.2 Å². The molecular weight excluding hydrogens is 396 g/mol.